The monoisotopic (exact) mass is 634 g/mol. The highest BCUT2D eigenvalue weighted by atomic mass is 32.1. The van der Waals surface area contributed by atoms with Crippen LogP contribution in [0, 0.1) is 0 Å². The average molecular weight is 635 g/mol. The van der Waals surface area contributed by atoms with E-state index in [9.17, 15) is 4.79 Å². The third-order valence-electron chi connectivity index (χ3n) is 4.77. The largest absolute Gasteiger partial charge is 0.463 e. The van der Waals surface area contributed by atoms with Crippen LogP contribution in [0.2, 0.25) is 0 Å². The summed E-state index contributed by atoms with van der Waals surface area (Å²) in [7, 11) is 1.64. The number of ether oxygens (including phenoxy) is 13. The van der Waals surface area contributed by atoms with Gasteiger partial charge in [-0.3, -0.25) is 4.79 Å². The predicted octanol–water partition coefficient (Wildman–Crippen LogP) is 0.288. The zero-order valence-corrected chi connectivity index (χ0v) is 26.2. The Hall–Kier alpha value is -0.660. The zero-order chi connectivity index (χ0) is 30.4. The molecular weight excluding hydrogens is 580 g/mol. The zero-order valence-electron chi connectivity index (χ0n) is 25.3. The van der Waals surface area contributed by atoms with Gasteiger partial charge in [-0.1, -0.05) is 0 Å². The van der Waals surface area contributed by atoms with E-state index >= 15 is 0 Å². The van der Waals surface area contributed by atoms with Crippen LogP contribution in [0.3, 0.4) is 0 Å². The van der Waals surface area contributed by atoms with Gasteiger partial charge in [0.05, 0.1) is 158 Å². The maximum absolute atomic E-state index is 10.9. The number of hydrogen-bond acceptors (Lipinski definition) is 15. The molecule has 15 heteroatoms. The summed E-state index contributed by atoms with van der Waals surface area (Å²) in [5.74, 6) is -0.292. The number of methoxy groups -OCH3 is 1. The van der Waals surface area contributed by atoms with Crippen molar-refractivity contribution in [2.24, 2.45) is 0 Å². The molecule has 0 aromatic rings. The molecule has 0 bridgehead atoms. The van der Waals surface area contributed by atoms with Crippen LogP contribution in [0.5, 0.6) is 0 Å². The minimum atomic E-state index is -0.359. The molecule has 42 heavy (non-hydrogen) atoms. The van der Waals surface area contributed by atoms with E-state index in [-0.39, 0.29) is 18.3 Å². The van der Waals surface area contributed by atoms with Crippen molar-refractivity contribution < 1.29 is 66.4 Å². The third-order valence-corrected chi connectivity index (χ3v) is 5.03. The Labute approximate surface area is 256 Å². The van der Waals surface area contributed by atoms with Crippen LogP contribution in [0.1, 0.15) is 0 Å². The molecule has 14 nitrogen and oxygen atoms in total. The van der Waals surface area contributed by atoms with Gasteiger partial charge in [0.1, 0.15) is 6.61 Å². The first-order valence-corrected chi connectivity index (χ1v) is 15.0. The van der Waals surface area contributed by atoms with Crippen LogP contribution in [0.4, 0.5) is 0 Å². The molecule has 0 aromatic carbocycles. The van der Waals surface area contributed by atoms with Crippen molar-refractivity contribution in [2.45, 2.75) is 0 Å². The minimum Gasteiger partial charge on any atom is -0.463 e. The van der Waals surface area contributed by atoms with Crippen molar-refractivity contribution in [2.75, 3.05) is 171 Å². The van der Waals surface area contributed by atoms with Gasteiger partial charge in [-0.2, -0.15) is 12.6 Å². The van der Waals surface area contributed by atoms with Gasteiger partial charge in [-0.15, -0.1) is 0 Å². The highest BCUT2D eigenvalue weighted by molar-refractivity contribution is 7.81. The third kappa shape index (κ3) is 37.4. The topological polar surface area (TPSA) is 137 Å². The Morgan fingerprint density at radius 1 is 0.357 bits per heavy atom. The number of carbonyl (C=O) groups is 1. The van der Waals surface area contributed by atoms with Gasteiger partial charge in [0, 0.05) is 7.11 Å². The van der Waals surface area contributed by atoms with Gasteiger partial charge < -0.3 is 61.6 Å². The lowest BCUT2D eigenvalue weighted by molar-refractivity contribution is -0.142. The molecule has 0 aliphatic rings. The number of thiol groups is 1. The minimum absolute atomic E-state index is 0.0673. The summed E-state index contributed by atoms with van der Waals surface area (Å²) < 4.78 is 69.1. The second kappa shape index (κ2) is 38.4. The first-order chi connectivity index (χ1) is 20.8. The van der Waals surface area contributed by atoms with Gasteiger partial charge in [0.2, 0.25) is 0 Å². The van der Waals surface area contributed by atoms with Gasteiger partial charge in [0.25, 0.3) is 0 Å². The molecular formula is C27H54O14S. The predicted molar refractivity (Wildman–Crippen MR) is 156 cm³/mol. The molecule has 0 saturated heterocycles. The van der Waals surface area contributed by atoms with Crippen molar-refractivity contribution in [3.63, 3.8) is 0 Å². The molecule has 0 aliphatic carbocycles. The standard InChI is InChI=1S/C27H54O14S/c1-29-2-3-30-4-5-31-6-7-32-8-9-33-10-11-34-12-13-35-14-15-36-16-17-37-18-19-38-20-21-39-22-23-40-24-25-41-27(28)26-42/h42H,2-26H2,1H3. The number of esters is 1. The molecule has 0 atom stereocenters. The van der Waals surface area contributed by atoms with Crippen LogP contribution < -0.4 is 0 Å². The molecule has 0 aliphatic heterocycles. The molecule has 0 unspecified atom stereocenters. The Morgan fingerprint density at radius 2 is 0.548 bits per heavy atom. The van der Waals surface area contributed by atoms with Crippen LogP contribution >= 0.6 is 12.6 Å². The molecule has 0 N–H and O–H groups in total. The normalized spacial score (nSPS) is 11.4. The molecule has 0 heterocycles. The smallest absolute Gasteiger partial charge is 0.315 e. The van der Waals surface area contributed by atoms with Gasteiger partial charge in [-0.25, -0.2) is 0 Å². The Balaban J connectivity index is 3.04. The molecule has 0 fully saturated rings. The van der Waals surface area contributed by atoms with Crippen molar-refractivity contribution in [3.8, 4) is 0 Å². The van der Waals surface area contributed by atoms with E-state index in [1.54, 1.807) is 7.11 Å². The lowest BCUT2D eigenvalue weighted by Crippen LogP contribution is -2.16. The Bertz CT molecular complexity index is 521. The fourth-order valence-electron chi connectivity index (χ4n) is 2.70. The number of hydrogen-bond donors (Lipinski definition) is 1. The molecule has 0 amide bonds. The highest BCUT2D eigenvalue weighted by Gasteiger charge is 1.98. The quantitative estimate of drug-likeness (QED) is 0.0569. The number of rotatable bonds is 37. The molecule has 0 saturated carbocycles. The first kappa shape index (κ1) is 41.3. The fourth-order valence-corrected chi connectivity index (χ4v) is 2.79. The van der Waals surface area contributed by atoms with E-state index in [4.69, 9.17) is 61.6 Å². The molecule has 0 aromatic heterocycles. The first-order valence-electron chi connectivity index (χ1n) is 14.4. The summed E-state index contributed by atoms with van der Waals surface area (Å²) in [5, 5.41) is 0. The summed E-state index contributed by atoms with van der Waals surface area (Å²) in [6.45, 7) is 11.7. The van der Waals surface area contributed by atoms with E-state index in [2.05, 4.69) is 12.6 Å². The second-order valence-corrected chi connectivity index (χ2v) is 8.42. The van der Waals surface area contributed by atoms with Crippen molar-refractivity contribution >= 4 is 18.6 Å². The van der Waals surface area contributed by atoms with E-state index < -0.39 is 0 Å². The van der Waals surface area contributed by atoms with E-state index in [1.807, 2.05) is 0 Å². The van der Waals surface area contributed by atoms with Crippen molar-refractivity contribution in [3.05, 3.63) is 0 Å². The highest BCUT2D eigenvalue weighted by Crippen LogP contribution is 1.88. The van der Waals surface area contributed by atoms with E-state index in [0.717, 1.165) is 0 Å². The summed E-state index contributed by atoms with van der Waals surface area (Å²) in [5.41, 5.74) is 0. The summed E-state index contributed by atoms with van der Waals surface area (Å²) in [4.78, 5) is 10.9. The molecule has 0 spiro atoms. The lowest BCUT2D eigenvalue weighted by Gasteiger charge is -2.09. The Morgan fingerprint density at radius 3 is 0.738 bits per heavy atom. The second-order valence-electron chi connectivity index (χ2n) is 8.11. The van der Waals surface area contributed by atoms with Crippen LogP contribution in [0.25, 0.3) is 0 Å². The van der Waals surface area contributed by atoms with Crippen LogP contribution in [-0.2, 0) is 66.4 Å². The molecule has 0 rings (SSSR count). The van der Waals surface area contributed by atoms with Crippen molar-refractivity contribution in [1.82, 2.24) is 0 Å². The van der Waals surface area contributed by atoms with E-state index in [1.165, 1.54) is 0 Å². The van der Waals surface area contributed by atoms with Gasteiger partial charge >= 0.3 is 5.97 Å². The van der Waals surface area contributed by atoms with Crippen molar-refractivity contribution in [1.29, 1.82) is 0 Å². The average Bonchev–Trinajstić information content (AvgIpc) is 3.00. The maximum Gasteiger partial charge on any atom is 0.315 e. The fraction of sp³-hybridized carbons (Fsp3) is 0.963. The number of carbonyl (C=O) groups excluding carboxylic acids is 1. The van der Waals surface area contributed by atoms with Crippen LogP contribution in [-0.4, -0.2) is 177 Å². The summed E-state index contributed by atoms with van der Waals surface area (Å²) in [6.07, 6.45) is 0. The van der Waals surface area contributed by atoms with Crippen LogP contribution in [0.15, 0.2) is 0 Å². The molecule has 252 valence electrons. The summed E-state index contributed by atoms with van der Waals surface area (Å²) in [6, 6.07) is 0. The van der Waals surface area contributed by atoms with E-state index in [0.29, 0.717) is 152 Å². The maximum atomic E-state index is 10.9. The Kier molecular flexibility index (Phi) is 37.8. The lowest BCUT2D eigenvalue weighted by atomic mass is 10.6. The SMILES string of the molecule is COCCOCCOCCOCCOCCOCCOCCOCCOCCOCCOCCOCCOC(=O)CS. The summed E-state index contributed by atoms with van der Waals surface area (Å²) >= 11 is 3.81. The van der Waals surface area contributed by atoms with Gasteiger partial charge in [-0.05, 0) is 0 Å². The van der Waals surface area contributed by atoms with Gasteiger partial charge in [0.15, 0.2) is 0 Å². The molecule has 0 radical (unpaired) electrons.